The van der Waals surface area contributed by atoms with E-state index in [9.17, 15) is 14.4 Å². The van der Waals surface area contributed by atoms with Crippen LogP contribution in [0.25, 0.3) is 0 Å². The molecular formula is C12H26O7S3. The summed E-state index contributed by atoms with van der Waals surface area (Å²) in [4.78, 5) is 28.9. The first-order valence-electron chi connectivity index (χ1n) is 6.18. The molecule has 0 rings (SSSR count). The Labute approximate surface area is 147 Å². The van der Waals surface area contributed by atoms with Gasteiger partial charge in [-0.1, -0.05) is 6.92 Å². The second-order valence-corrected chi connectivity index (χ2v) is 6.09. The van der Waals surface area contributed by atoms with E-state index in [2.05, 4.69) is 37.9 Å². The smallest absolute Gasteiger partial charge is 0.316 e. The van der Waals surface area contributed by atoms with Gasteiger partial charge in [0.15, 0.2) is 0 Å². The van der Waals surface area contributed by atoms with Gasteiger partial charge in [-0.25, -0.2) is 0 Å². The molecule has 0 amide bonds. The summed E-state index contributed by atoms with van der Waals surface area (Å²) >= 11 is 10.8. The lowest BCUT2D eigenvalue weighted by Gasteiger charge is -1.88. The standard InChI is InChI=1S/3C3H6O2S.C3H8O/c3*1-2(6)3(4)5;1-2-3-4/h3*2,6H,1H3,(H,4,5);4H,2-3H2,1H3. The van der Waals surface area contributed by atoms with Crippen molar-refractivity contribution in [1.82, 2.24) is 0 Å². The van der Waals surface area contributed by atoms with Gasteiger partial charge in [0.25, 0.3) is 0 Å². The number of carbonyl (C=O) groups is 3. The Morgan fingerprint density at radius 1 is 0.773 bits per heavy atom. The molecule has 7 nitrogen and oxygen atoms in total. The van der Waals surface area contributed by atoms with Crippen LogP contribution in [0.15, 0.2) is 0 Å². The lowest BCUT2D eigenvalue weighted by atomic mass is 10.5. The second-order valence-electron chi connectivity index (χ2n) is 3.77. The number of aliphatic hydroxyl groups is 1. The van der Waals surface area contributed by atoms with Crippen LogP contribution < -0.4 is 0 Å². The lowest BCUT2D eigenvalue weighted by Crippen LogP contribution is -2.06. The fourth-order valence-corrected chi connectivity index (χ4v) is 0. The first-order chi connectivity index (χ1) is 9.84. The minimum Gasteiger partial charge on any atom is -0.480 e. The number of aliphatic carboxylic acids is 3. The number of aliphatic hydroxyl groups excluding tert-OH is 1. The Bertz CT molecular complexity index is 250. The van der Waals surface area contributed by atoms with Crippen molar-refractivity contribution in [2.45, 2.75) is 49.9 Å². The highest BCUT2D eigenvalue weighted by Gasteiger charge is 2.01. The van der Waals surface area contributed by atoms with Crippen LogP contribution in [0.4, 0.5) is 0 Å². The van der Waals surface area contributed by atoms with Crippen LogP contribution in [0.2, 0.25) is 0 Å². The number of carboxylic acids is 3. The molecule has 0 aromatic carbocycles. The van der Waals surface area contributed by atoms with Crippen molar-refractivity contribution in [2.75, 3.05) is 6.61 Å². The molecule has 0 aromatic rings. The van der Waals surface area contributed by atoms with E-state index in [0.717, 1.165) is 6.42 Å². The maximum Gasteiger partial charge on any atom is 0.316 e. The van der Waals surface area contributed by atoms with Crippen LogP contribution >= 0.6 is 37.9 Å². The molecular weight excluding hydrogens is 352 g/mol. The van der Waals surface area contributed by atoms with E-state index in [4.69, 9.17) is 20.4 Å². The van der Waals surface area contributed by atoms with Crippen LogP contribution in [0.5, 0.6) is 0 Å². The summed E-state index contributed by atoms with van der Waals surface area (Å²) in [5, 5.41) is 30.0. The molecule has 0 aliphatic heterocycles. The molecule has 0 bridgehead atoms. The Morgan fingerprint density at radius 3 is 0.864 bits per heavy atom. The van der Waals surface area contributed by atoms with Crippen LogP contribution in [-0.4, -0.2) is 60.7 Å². The summed E-state index contributed by atoms with van der Waals surface area (Å²) in [6, 6.07) is 0. The lowest BCUT2D eigenvalue weighted by molar-refractivity contribution is -0.137. The van der Waals surface area contributed by atoms with Gasteiger partial charge in [0.05, 0.1) is 15.7 Å². The van der Waals surface area contributed by atoms with Crippen molar-refractivity contribution in [3.63, 3.8) is 0 Å². The molecule has 0 heterocycles. The Kier molecular flexibility index (Phi) is 27.3. The fraction of sp³-hybridized carbons (Fsp3) is 0.750. The predicted octanol–water partition coefficient (Wildman–Crippen LogP) is 1.56. The Balaban J connectivity index is -0.0000000994. The SMILES string of the molecule is CC(S)C(=O)O.CC(S)C(=O)O.CC(S)C(=O)O.CCCO. The first-order valence-corrected chi connectivity index (χ1v) is 7.73. The zero-order valence-corrected chi connectivity index (χ0v) is 15.7. The fourth-order valence-electron chi connectivity index (χ4n) is 0. The van der Waals surface area contributed by atoms with E-state index in [1.807, 2.05) is 6.92 Å². The van der Waals surface area contributed by atoms with E-state index in [1.165, 1.54) is 20.8 Å². The number of hydrogen-bond acceptors (Lipinski definition) is 7. The van der Waals surface area contributed by atoms with Gasteiger partial charge in [-0.05, 0) is 27.2 Å². The average molecular weight is 379 g/mol. The molecule has 3 unspecified atom stereocenters. The van der Waals surface area contributed by atoms with Crippen LogP contribution in [0.3, 0.4) is 0 Å². The van der Waals surface area contributed by atoms with Gasteiger partial charge < -0.3 is 20.4 Å². The van der Waals surface area contributed by atoms with E-state index in [-0.39, 0.29) is 0 Å². The zero-order chi connectivity index (χ0) is 18.9. The van der Waals surface area contributed by atoms with Crippen LogP contribution in [0.1, 0.15) is 34.1 Å². The largest absolute Gasteiger partial charge is 0.480 e. The first kappa shape index (κ1) is 29.4. The normalized spacial score (nSPS) is 12.5. The van der Waals surface area contributed by atoms with Gasteiger partial charge in [-0.3, -0.25) is 14.4 Å². The average Bonchev–Trinajstić information content (AvgIpc) is 2.39. The monoisotopic (exact) mass is 378 g/mol. The van der Waals surface area contributed by atoms with Gasteiger partial charge in [0.2, 0.25) is 0 Å². The molecule has 0 spiro atoms. The quantitative estimate of drug-likeness (QED) is 0.369. The molecule has 134 valence electrons. The van der Waals surface area contributed by atoms with Gasteiger partial charge in [0, 0.05) is 6.61 Å². The van der Waals surface area contributed by atoms with Crippen LogP contribution in [0, 0.1) is 0 Å². The van der Waals surface area contributed by atoms with Crippen LogP contribution in [-0.2, 0) is 14.4 Å². The summed E-state index contributed by atoms with van der Waals surface area (Å²) in [5.74, 6) is -2.63. The molecule has 4 N–H and O–H groups in total. The minimum absolute atomic E-state index is 0.319. The summed E-state index contributed by atoms with van der Waals surface area (Å²) in [7, 11) is 0. The maximum atomic E-state index is 9.62. The summed E-state index contributed by atoms with van der Waals surface area (Å²) < 4.78 is 0. The summed E-state index contributed by atoms with van der Waals surface area (Å²) in [6.45, 7) is 6.77. The van der Waals surface area contributed by atoms with Crippen molar-refractivity contribution in [3.8, 4) is 0 Å². The van der Waals surface area contributed by atoms with Crippen molar-refractivity contribution in [2.24, 2.45) is 0 Å². The van der Waals surface area contributed by atoms with Gasteiger partial charge in [0.1, 0.15) is 0 Å². The number of thiol groups is 3. The molecule has 0 aromatic heterocycles. The second kappa shape index (κ2) is 20.4. The Hall–Kier alpha value is -0.580. The van der Waals surface area contributed by atoms with Crippen molar-refractivity contribution in [1.29, 1.82) is 0 Å². The van der Waals surface area contributed by atoms with Gasteiger partial charge >= 0.3 is 17.9 Å². The van der Waals surface area contributed by atoms with E-state index in [0.29, 0.717) is 6.61 Å². The highest BCUT2D eigenvalue weighted by Crippen LogP contribution is 1.89. The molecule has 0 saturated heterocycles. The third kappa shape index (κ3) is 42.7. The molecule has 0 aliphatic rings. The minimum atomic E-state index is -0.877. The summed E-state index contributed by atoms with van der Waals surface area (Å²) in [5.41, 5.74) is 0. The summed E-state index contributed by atoms with van der Waals surface area (Å²) in [6.07, 6.45) is 0.875. The molecule has 0 aliphatic carbocycles. The number of carboxylic acid groups (broad SMARTS) is 3. The molecule has 3 atom stereocenters. The van der Waals surface area contributed by atoms with E-state index < -0.39 is 33.7 Å². The molecule has 0 radical (unpaired) electrons. The number of rotatable bonds is 4. The molecule has 0 fully saturated rings. The van der Waals surface area contributed by atoms with Crippen molar-refractivity contribution >= 4 is 55.8 Å². The molecule has 0 saturated carbocycles. The third-order valence-corrected chi connectivity index (χ3v) is 1.96. The topological polar surface area (TPSA) is 132 Å². The zero-order valence-electron chi connectivity index (χ0n) is 13.0. The molecule has 10 heteroatoms. The third-order valence-electron chi connectivity index (χ3n) is 1.30. The highest BCUT2D eigenvalue weighted by molar-refractivity contribution is 7.82. The maximum absolute atomic E-state index is 9.62. The van der Waals surface area contributed by atoms with E-state index in [1.54, 1.807) is 0 Å². The highest BCUT2D eigenvalue weighted by atomic mass is 32.1. The van der Waals surface area contributed by atoms with Crippen molar-refractivity contribution < 1.29 is 34.8 Å². The van der Waals surface area contributed by atoms with E-state index >= 15 is 0 Å². The predicted molar refractivity (Wildman–Crippen MR) is 95.6 cm³/mol. The van der Waals surface area contributed by atoms with Crippen molar-refractivity contribution in [3.05, 3.63) is 0 Å². The molecule has 22 heavy (non-hydrogen) atoms. The van der Waals surface area contributed by atoms with Gasteiger partial charge in [-0.2, -0.15) is 37.9 Å². The number of hydrogen-bond donors (Lipinski definition) is 7. The Morgan fingerprint density at radius 2 is 0.864 bits per heavy atom. The van der Waals surface area contributed by atoms with Gasteiger partial charge in [-0.15, -0.1) is 0 Å².